The van der Waals surface area contributed by atoms with Gasteiger partial charge in [-0.3, -0.25) is 4.57 Å². The predicted octanol–water partition coefficient (Wildman–Crippen LogP) is 4.43. The summed E-state index contributed by atoms with van der Waals surface area (Å²) in [6.07, 6.45) is 2.57. The van der Waals surface area contributed by atoms with E-state index in [4.69, 9.17) is 9.47 Å². The Hall–Kier alpha value is -2.31. The Morgan fingerprint density at radius 1 is 1.11 bits per heavy atom. The number of hydrogen-bond acceptors (Lipinski definition) is 5. The van der Waals surface area contributed by atoms with Gasteiger partial charge in [-0.05, 0) is 43.5 Å². The van der Waals surface area contributed by atoms with E-state index in [-0.39, 0.29) is 0 Å². The van der Waals surface area contributed by atoms with Crippen LogP contribution >= 0.6 is 11.8 Å². The second kappa shape index (κ2) is 8.59. The van der Waals surface area contributed by atoms with E-state index in [9.17, 15) is 0 Å². The summed E-state index contributed by atoms with van der Waals surface area (Å²) in [6, 6.07) is 18.2. The lowest BCUT2D eigenvalue weighted by molar-refractivity contribution is 0.129. The molecule has 0 saturated carbocycles. The average molecular weight is 382 g/mol. The first kappa shape index (κ1) is 18.1. The molecule has 0 radical (unpaired) electrons. The Morgan fingerprint density at radius 3 is 2.70 bits per heavy atom. The maximum atomic E-state index is 6.02. The van der Waals surface area contributed by atoms with E-state index in [0.29, 0.717) is 12.7 Å². The zero-order valence-electron chi connectivity index (χ0n) is 15.4. The van der Waals surface area contributed by atoms with Crippen LogP contribution in [0.25, 0.3) is 5.69 Å². The van der Waals surface area contributed by atoms with Gasteiger partial charge < -0.3 is 9.47 Å². The van der Waals surface area contributed by atoms with E-state index in [2.05, 4.69) is 26.9 Å². The van der Waals surface area contributed by atoms with Crippen LogP contribution in [0.2, 0.25) is 0 Å². The average Bonchev–Trinajstić information content (AvgIpc) is 3.36. The van der Waals surface area contributed by atoms with Crippen LogP contribution in [-0.4, -0.2) is 33.2 Å². The number of nitrogens with zero attached hydrogens (tertiary/aromatic N) is 3. The van der Waals surface area contributed by atoms with E-state index >= 15 is 0 Å². The Morgan fingerprint density at radius 2 is 1.93 bits per heavy atom. The molecule has 6 heteroatoms. The summed E-state index contributed by atoms with van der Waals surface area (Å²) in [5.74, 6) is 2.55. The van der Waals surface area contributed by atoms with Crippen LogP contribution in [0.15, 0.2) is 59.8 Å². The van der Waals surface area contributed by atoms with Crippen molar-refractivity contribution in [3.05, 3.63) is 66.0 Å². The Kier molecular flexibility index (Phi) is 5.75. The zero-order valence-corrected chi connectivity index (χ0v) is 16.2. The van der Waals surface area contributed by atoms with Crippen LogP contribution in [0.5, 0.6) is 5.75 Å². The van der Waals surface area contributed by atoms with E-state index in [1.54, 1.807) is 11.8 Å². The molecule has 0 amide bonds. The zero-order chi connectivity index (χ0) is 18.5. The summed E-state index contributed by atoms with van der Waals surface area (Å²) in [5.41, 5.74) is 2.15. The first-order chi connectivity index (χ1) is 13.3. The van der Waals surface area contributed by atoms with Crippen molar-refractivity contribution in [1.82, 2.24) is 14.8 Å². The molecule has 1 atom stereocenters. The van der Waals surface area contributed by atoms with E-state index in [0.717, 1.165) is 53.2 Å². The van der Waals surface area contributed by atoms with Crippen LogP contribution in [0.4, 0.5) is 0 Å². The quantitative estimate of drug-likeness (QED) is 0.567. The van der Waals surface area contributed by atoms with Gasteiger partial charge in [0, 0.05) is 18.0 Å². The van der Waals surface area contributed by atoms with Crippen LogP contribution in [0.3, 0.4) is 0 Å². The lowest BCUT2D eigenvalue weighted by atomic mass is 10.2. The highest BCUT2D eigenvalue weighted by atomic mass is 32.2. The molecular formula is C21H23N3O2S. The summed E-state index contributed by atoms with van der Waals surface area (Å²) in [6.45, 7) is 3.28. The van der Waals surface area contributed by atoms with E-state index in [1.807, 2.05) is 49.4 Å². The topological polar surface area (TPSA) is 49.2 Å². The van der Waals surface area contributed by atoms with Crippen molar-refractivity contribution in [3.8, 4) is 11.4 Å². The van der Waals surface area contributed by atoms with Crippen molar-refractivity contribution in [3.63, 3.8) is 0 Å². The molecule has 1 fully saturated rings. The normalized spacial score (nSPS) is 16.6. The summed E-state index contributed by atoms with van der Waals surface area (Å²) < 4.78 is 13.8. The molecule has 140 valence electrons. The van der Waals surface area contributed by atoms with Gasteiger partial charge in [0.1, 0.15) is 12.4 Å². The van der Waals surface area contributed by atoms with Crippen LogP contribution in [-0.2, 0) is 11.3 Å². The lowest BCUT2D eigenvalue weighted by Crippen LogP contribution is -2.10. The second-order valence-corrected chi connectivity index (χ2v) is 7.56. The van der Waals surface area contributed by atoms with Gasteiger partial charge in [0.2, 0.25) is 0 Å². The largest absolute Gasteiger partial charge is 0.485 e. The third kappa shape index (κ3) is 4.34. The van der Waals surface area contributed by atoms with Crippen molar-refractivity contribution in [2.45, 2.75) is 37.6 Å². The Balaban J connectivity index is 1.56. The first-order valence-electron chi connectivity index (χ1n) is 9.24. The Labute approximate surface area is 163 Å². The van der Waals surface area contributed by atoms with E-state index < -0.39 is 0 Å². The van der Waals surface area contributed by atoms with Crippen molar-refractivity contribution in [2.75, 3.05) is 12.4 Å². The molecule has 0 spiro atoms. The molecule has 1 aromatic heterocycles. The molecule has 0 bridgehead atoms. The SMILES string of the molecule is Cc1ccccc1OCc1nnc(SCC2CCCO2)n1-c1ccccc1. The number of aromatic nitrogens is 3. The predicted molar refractivity (Wildman–Crippen MR) is 107 cm³/mol. The van der Waals surface area contributed by atoms with Crippen LogP contribution in [0.1, 0.15) is 24.2 Å². The van der Waals surface area contributed by atoms with Gasteiger partial charge in [0.25, 0.3) is 0 Å². The number of hydrogen-bond donors (Lipinski definition) is 0. The fourth-order valence-electron chi connectivity index (χ4n) is 3.13. The number of thioether (sulfide) groups is 1. The number of para-hydroxylation sites is 2. The summed E-state index contributed by atoms with van der Waals surface area (Å²) in [5, 5.41) is 9.71. The smallest absolute Gasteiger partial charge is 0.196 e. The van der Waals surface area contributed by atoms with Gasteiger partial charge in [-0.25, -0.2) is 0 Å². The minimum atomic E-state index is 0.308. The maximum absolute atomic E-state index is 6.02. The summed E-state index contributed by atoms with van der Waals surface area (Å²) in [4.78, 5) is 0. The molecule has 1 aliphatic rings. The molecule has 5 nitrogen and oxygen atoms in total. The number of aryl methyl sites for hydroxylation is 1. The highest BCUT2D eigenvalue weighted by Gasteiger charge is 2.20. The fourth-order valence-corrected chi connectivity index (χ4v) is 4.16. The Bertz CT molecular complexity index is 876. The van der Waals surface area contributed by atoms with Gasteiger partial charge in [0.15, 0.2) is 11.0 Å². The van der Waals surface area contributed by atoms with Crippen LogP contribution in [0, 0.1) is 6.92 Å². The fraction of sp³-hybridized carbons (Fsp3) is 0.333. The van der Waals surface area contributed by atoms with Crippen molar-refractivity contribution < 1.29 is 9.47 Å². The molecule has 2 heterocycles. The molecule has 1 aliphatic heterocycles. The number of ether oxygens (including phenoxy) is 2. The molecule has 2 aromatic carbocycles. The summed E-state index contributed by atoms with van der Waals surface area (Å²) in [7, 11) is 0. The molecule has 1 saturated heterocycles. The van der Waals surface area contributed by atoms with Gasteiger partial charge in [-0.15, -0.1) is 10.2 Å². The molecule has 1 unspecified atom stereocenters. The maximum Gasteiger partial charge on any atom is 0.196 e. The molecular weight excluding hydrogens is 358 g/mol. The van der Waals surface area contributed by atoms with Crippen molar-refractivity contribution >= 4 is 11.8 Å². The highest BCUT2D eigenvalue weighted by Crippen LogP contribution is 2.26. The van der Waals surface area contributed by atoms with Gasteiger partial charge in [-0.2, -0.15) is 0 Å². The molecule has 0 N–H and O–H groups in total. The van der Waals surface area contributed by atoms with E-state index in [1.165, 1.54) is 0 Å². The number of benzene rings is 2. The van der Waals surface area contributed by atoms with Crippen molar-refractivity contribution in [2.24, 2.45) is 0 Å². The first-order valence-corrected chi connectivity index (χ1v) is 10.2. The van der Waals surface area contributed by atoms with Crippen molar-refractivity contribution in [1.29, 1.82) is 0 Å². The van der Waals surface area contributed by atoms with Gasteiger partial charge in [0.05, 0.1) is 6.10 Å². The monoisotopic (exact) mass is 381 g/mol. The summed E-state index contributed by atoms with van der Waals surface area (Å²) >= 11 is 1.69. The van der Waals surface area contributed by atoms with Crippen LogP contribution < -0.4 is 4.74 Å². The third-order valence-electron chi connectivity index (χ3n) is 4.59. The standard InChI is InChI=1S/C21H23N3O2S/c1-16-8-5-6-12-19(16)26-14-20-22-23-21(27-15-18-11-7-13-25-18)24(20)17-9-3-2-4-10-17/h2-6,8-10,12,18H,7,11,13-15H2,1H3. The third-order valence-corrected chi connectivity index (χ3v) is 5.65. The second-order valence-electron chi connectivity index (χ2n) is 6.57. The molecule has 0 aliphatic carbocycles. The molecule has 3 aromatic rings. The number of rotatable bonds is 7. The minimum absolute atomic E-state index is 0.308. The minimum Gasteiger partial charge on any atom is -0.485 e. The highest BCUT2D eigenvalue weighted by molar-refractivity contribution is 7.99. The molecule has 27 heavy (non-hydrogen) atoms. The lowest BCUT2D eigenvalue weighted by Gasteiger charge is -2.13. The van der Waals surface area contributed by atoms with Gasteiger partial charge in [-0.1, -0.05) is 48.2 Å². The van der Waals surface area contributed by atoms with Gasteiger partial charge >= 0.3 is 0 Å². The molecule has 4 rings (SSSR count).